The Morgan fingerprint density at radius 1 is 1.03 bits per heavy atom. The van der Waals surface area contributed by atoms with Gasteiger partial charge in [-0.3, -0.25) is 4.79 Å². The van der Waals surface area contributed by atoms with Gasteiger partial charge in [-0.25, -0.2) is 4.98 Å². The first-order valence-corrected chi connectivity index (χ1v) is 11.4. The highest BCUT2D eigenvalue weighted by Gasteiger charge is 2.10. The van der Waals surface area contributed by atoms with Crippen molar-refractivity contribution in [3.8, 4) is 5.75 Å². The molecule has 1 N–H and O–H groups in total. The number of ether oxygens (including phenoxy) is 1. The van der Waals surface area contributed by atoms with Crippen LogP contribution in [0, 0.1) is 13.8 Å². The number of carbonyl (C=O) groups excluding carboxylic acids is 1. The zero-order chi connectivity index (χ0) is 22.1. The van der Waals surface area contributed by atoms with E-state index in [1.54, 1.807) is 6.92 Å². The van der Waals surface area contributed by atoms with Crippen molar-refractivity contribution in [1.29, 1.82) is 0 Å². The van der Waals surface area contributed by atoms with E-state index in [0.29, 0.717) is 0 Å². The fourth-order valence-electron chi connectivity index (χ4n) is 3.93. The minimum absolute atomic E-state index is 0.0447. The van der Waals surface area contributed by atoms with E-state index in [-0.39, 0.29) is 5.91 Å². The standard InChI is InChI=1S/C26H35N3O2/c1-20-14-15-25(21(2)19-20)31-18-10-9-17-29-24-12-7-6-11-23(24)28-26(29)13-5-4-8-16-27-22(3)30/h6-7,11-12,14-15,19H,4-5,8-10,13,16-18H2,1-3H3,(H,27,30). The van der Waals surface area contributed by atoms with Gasteiger partial charge >= 0.3 is 0 Å². The highest BCUT2D eigenvalue weighted by Crippen LogP contribution is 2.20. The van der Waals surface area contributed by atoms with Crippen LogP contribution < -0.4 is 10.1 Å². The van der Waals surface area contributed by atoms with Gasteiger partial charge in [-0.2, -0.15) is 0 Å². The average Bonchev–Trinajstić information content (AvgIpc) is 3.09. The van der Waals surface area contributed by atoms with Gasteiger partial charge in [0.15, 0.2) is 0 Å². The fraction of sp³-hybridized carbons (Fsp3) is 0.462. The van der Waals surface area contributed by atoms with Crippen LogP contribution in [0.1, 0.15) is 56.0 Å². The van der Waals surface area contributed by atoms with E-state index in [1.807, 2.05) is 0 Å². The van der Waals surface area contributed by atoms with E-state index in [4.69, 9.17) is 9.72 Å². The Kier molecular flexibility index (Phi) is 8.51. The maximum absolute atomic E-state index is 11.0. The molecular formula is C26H35N3O2. The van der Waals surface area contributed by atoms with Crippen molar-refractivity contribution in [2.45, 2.75) is 65.8 Å². The SMILES string of the molecule is CC(=O)NCCCCCc1nc2ccccc2n1CCCCOc1ccc(C)cc1C. The van der Waals surface area contributed by atoms with Crippen molar-refractivity contribution in [2.24, 2.45) is 0 Å². The Balaban J connectivity index is 1.50. The second-order valence-corrected chi connectivity index (χ2v) is 8.29. The van der Waals surface area contributed by atoms with Gasteiger partial charge in [0.25, 0.3) is 0 Å². The number of unbranched alkanes of at least 4 members (excludes halogenated alkanes) is 3. The number of amides is 1. The summed E-state index contributed by atoms with van der Waals surface area (Å²) in [5, 5.41) is 2.86. The summed E-state index contributed by atoms with van der Waals surface area (Å²) in [7, 11) is 0. The monoisotopic (exact) mass is 421 g/mol. The quantitative estimate of drug-likeness (QED) is 0.401. The Morgan fingerprint density at radius 3 is 2.68 bits per heavy atom. The number of rotatable bonds is 12. The zero-order valence-electron chi connectivity index (χ0n) is 19.1. The normalized spacial score (nSPS) is 11.1. The number of hydrogen-bond acceptors (Lipinski definition) is 3. The van der Waals surface area contributed by atoms with Gasteiger partial charge in [-0.15, -0.1) is 0 Å². The summed E-state index contributed by atoms with van der Waals surface area (Å²) < 4.78 is 8.37. The molecule has 1 aromatic heterocycles. The molecule has 0 fully saturated rings. The van der Waals surface area contributed by atoms with Gasteiger partial charge in [-0.1, -0.05) is 36.2 Å². The molecule has 166 valence electrons. The molecule has 5 heteroatoms. The third-order valence-corrected chi connectivity index (χ3v) is 5.55. The summed E-state index contributed by atoms with van der Waals surface area (Å²) in [4.78, 5) is 15.9. The first kappa shape index (κ1) is 22.9. The van der Waals surface area contributed by atoms with Gasteiger partial charge in [0.05, 0.1) is 17.6 Å². The molecule has 31 heavy (non-hydrogen) atoms. The highest BCUT2D eigenvalue weighted by molar-refractivity contribution is 5.75. The van der Waals surface area contributed by atoms with Crippen LogP contribution in [0.15, 0.2) is 42.5 Å². The van der Waals surface area contributed by atoms with Crippen LogP contribution in [-0.2, 0) is 17.8 Å². The molecule has 0 aliphatic rings. The number of aromatic nitrogens is 2. The molecule has 1 amide bonds. The van der Waals surface area contributed by atoms with Crippen molar-refractivity contribution in [2.75, 3.05) is 13.2 Å². The molecule has 0 aliphatic heterocycles. The second-order valence-electron chi connectivity index (χ2n) is 8.29. The van der Waals surface area contributed by atoms with Gasteiger partial charge in [-0.05, 0) is 63.3 Å². The van der Waals surface area contributed by atoms with Gasteiger partial charge in [0.2, 0.25) is 5.91 Å². The summed E-state index contributed by atoms with van der Waals surface area (Å²) in [6, 6.07) is 14.7. The first-order valence-electron chi connectivity index (χ1n) is 11.4. The molecule has 0 unspecified atom stereocenters. The molecule has 0 saturated heterocycles. The zero-order valence-corrected chi connectivity index (χ0v) is 19.1. The number of aryl methyl sites for hydroxylation is 4. The lowest BCUT2D eigenvalue weighted by atomic mass is 10.1. The Bertz CT molecular complexity index is 993. The summed E-state index contributed by atoms with van der Waals surface area (Å²) in [5.74, 6) is 2.19. The fourth-order valence-corrected chi connectivity index (χ4v) is 3.93. The maximum Gasteiger partial charge on any atom is 0.216 e. The number of para-hydroxylation sites is 2. The summed E-state index contributed by atoms with van der Waals surface area (Å²) in [6.07, 6.45) is 6.21. The first-order chi connectivity index (χ1) is 15.0. The molecule has 1 heterocycles. The van der Waals surface area contributed by atoms with Gasteiger partial charge in [0.1, 0.15) is 11.6 Å². The van der Waals surface area contributed by atoms with Crippen molar-refractivity contribution in [3.05, 3.63) is 59.4 Å². The summed E-state index contributed by atoms with van der Waals surface area (Å²) >= 11 is 0. The maximum atomic E-state index is 11.0. The Labute approximate surface area is 185 Å². The number of imidazole rings is 1. The number of benzene rings is 2. The Morgan fingerprint density at radius 2 is 1.87 bits per heavy atom. The number of nitrogens with one attached hydrogen (secondary N) is 1. The van der Waals surface area contributed by atoms with Crippen molar-refractivity contribution in [3.63, 3.8) is 0 Å². The number of carbonyl (C=O) groups is 1. The van der Waals surface area contributed by atoms with E-state index in [0.717, 1.165) is 75.3 Å². The van der Waals surface area contributed by atoms with E-state index in [2.05, 4.69) is 66.2 Å². The summed E-state index contributed by atoms with van der Waals surface area (Å²) in [5.41, 5.74) is 4.74. The molecule has 0 spiro atoms. The van der Waals surface area contributed by atoms with E-state index in [1.165, 1.54) is 16.6 Å². The lowest BCUT2D eigenvalue weighted by Gasteiger charge is -2.11. The van der Waals surface area contributed by atoms with Crippen molar-refractivity contribution in [1.82, 2.24) is 14.9 Å². The largest absolute Gasteiger partial charge is 0.493 e. The van der Waals surface area contributed by atoms with Crippen molar-refractivity contribution < 1.29 is 9.53 Å². The predicted molar refractivity (Wildman–Crippen MR) is 127 cm³/mol. The van der Waals surface area contributed by atoms with Crippen molar-refractivity contribution >= 4 is 16.9 Å². The second kappa shape index (κ2) is 11.5. The molecule has 2 aromatic carbocycles. The minimum Gasteiger partial charge on any atom is -0.493 e. The number of hydrogen-bond donors (Lipinski definition) is 1. The van der Waals surface area contributed by atoms with E-state index < -0.39 is 0 Å². The van der Waals surface area contributed by atoms with Gasteiger partial charge in [0, 0.05) is 26.4 Å². The third kappa shape index (κ3) is 6.84. The number of nitrogens with zero attached hydrogens (tertiary/aromatic N) is 2. The predicted octanol–water partition coefficient (Wildman–Crippen LogP) is 5.36. The lowest BCUT2D eigenvalue weighted by Crippen LogP contribution is -2.20. The van der Waals surface area contributed by atoms with Crippen LogP contribution in [0.5, 0.6) is 5.75 Å². The van der Waals surface area contributed by atoms with Crippen LogP contribution in [0.4, 0.5) is 0 Å². The van der Waals surface area contributed by atoms with Crippen LogP contribution in [-0.4, -0.2) is 28.6 Å². The smallest absolute Gasteiger partial charge is 0.216 e. The molecule has 0 saturated carbocycles. The molecule has 0 aliphatic carbocycles. The molecule has 3 rings (SSSR count). The molecule has 0 bridgehead atoms. The third-order valence-electron chi connectivity index (χ3n) is 5.55. The highest BCUT2D eigenvalue weighted by atomic mass is 16.5. The number of fused-ring (bicyclic) bond motifs is 1. The summed E-state index contributed by atoms with van der Waals surface area (Å²) in [6.45, 7) is 8.21. The minimum atomic E-state index is 0.0447. The average molecular weight is 422 g/mol. The van der Waals surface area contributed by atoms with Crippen LogP contribution in [0.3, 0.4) is 0 Å². The molecule has 0 radical (unpaired) electrons. The molecule has 0 atom stereocenters. The molecule has 3 aromatic rings. The molecular weight excluding hydrogens is 386 g/mol. The van der Waals surface area contributed by atoms with E-state index >= 15 is 0 Å². The van der Waals surface area contributed by atoms with E-state index in [9.17, 15) is 4.79 Å². The van der Waals surface area contributed by atoms with Gasteiger partial charge < -0.3 is 14.6 Å². The van der Waals surface area contributed by atoms with Crippen LogP contribution in [0.25, 0.3) is 11.0 Å². The Hall–Kier alpha value is -2.82. The topological polar surface area (TPSA) is 56.2 Å². The lowest BCUT2D eigenvalue weighted by molar-refractivity contribution is -0.118. The van der Waals surface area contributed by atoms with Crippen LogP contribution >= 0.6 is 0 Å². The van der Waals surface area contributed by atoms with Crippen LogP contribution in [0.2, 0.25) is 0 Å². The molecule has 5 nitrogen and oxygen atoms in total.